The maximum atomic E-state index is 12.3. The van der Waals surface area contributed by atoms with Crippen molar-refractivity contribution in [3.8, 4) is 0 Å². The lowest BCUT2D eigenvalue weighted by Crippen LogP contribution is -2.35. The second-order valence-electron chi connectivity index (χ2n) is 5.46. The quantitative estimate of drug-likeness (QED) is 0.905. The van der Waals surface area contributed by atoms with Crippen LogP contribution in [-0.4, -0.2) is 19.3 Å². The Morgan fingerprint density at radius 1 is 1.32 bits per heavy atom. The van der Waals surface area contributed by atoms with E-state index in [-0.39, 0.29) is 11.1 Å². The molecule has 2 aromatic heterocycles. The molecule has 0 spiro atoms. The smallest absolute Gasteiger partial charge is 0.293 e. The molecule has 0 amide bonds. The van der Waals surface area contributed by atoms with E-state index in [2.05, 4.69) is 15.4 Å². The summed E-state index contributed by atoms with van der Waals surface area (Å²) in [4.78, 5) is 16.3. The number of hydrogen-bond donors (Lipinski definition) is 1. The van der Waals surface area contributed by atoms with E-state index in [0.29, 0.717) is 12.4 Å². The lowest BCUT2D eigenvalue weighted by atomic mass is 10.1. The van der Waals surface area contributed by atoms with Gasteiger partial charge in [-0.25, -0.2) is 4.98 Å². The summed E-state index contributed by atoms with van der Waals surface area (Å²) in [6, 6.07) is 1.90. The number of hydrogen-bond acceptors (Lipinski definition) is 4. The molecular weight excluding hydrogens is 242 g/mol. The summed E-state index contributed by atoms with van der Waals surface area (Å²) in [5, 5.41) is 7.28. The minimum absolute atomic E-state index is 0.120. The highest BCUT2D eigenvalue weighted by Gasteiger charge is 2.16. The Bertz CT molecular complexity index is 620. The van der Waals surface area contributed by atoms with Gasteiger partial charge in [-0.2, -0.15) is 5.10 Å². The van der Waals surface area contributed by atoms with Crippen molar-refractivity contribution in [1.29, 1.82) is 0 Å². The fraction of sp³-hybridized carbons (Fsp3) is 0.462. The van der Waals surface area contributed by atoms with Gasteiger partial charge in [0.1, 0.15) is 0 Å². The van der Waals surface area contributed by atoms with Crippen molar-refractivity contribution in [2.24, 2.45) is 7.05 Å². The Balaban J connectivity index is 2.20. The second-order valence-corrected chi connectivity index (χ2v) is 5.46. The van der Waals surface area contributed by atoms with Gasteiger partial charge < -0.3 is 9.88 Å². The molecule has 102 valence electrons. The first kappa shape index (κ1) is 13.3. The number of aromatic nitrogens is 4. The normalized spacial score (nSPS) is 11.6. The third-order valence-corrected chi connectivity index (χ3v) is 2.77. The minimum atomic E-state index is -0.262. The first-order valence-electron chi connectivity index (χ1n) is 6.18. The summed E-state index contributed by atoms with van der Waals surface area (Å²) in [6.45, 7) is 6.43. The lowest BCUT2D eigenvalue weighted by Gasteiger charge is -2.22. The summed E-state index contributed by atoms with van der Waals surface area (Å²) in [5.41, 5.74) is 0.488. The van der Waals surface area contributed by atoms with Gasteiger partial charge in [-0.3, -0.25) is 9.48 Å². The number of rotatable bonds is 3. The molecule has 0 fully saturated rings. The molecule has 0 aliphatic rings. The van der Waals surface area contributed by atoms with E-state index in [4.69, 9.17) is 0 Å². The molecule has 6 nitrogen and oxygen atoms in total. The van der Waals surface area contributed by atoms with Gasteiger partial charge in [-0.1, -0.05) is 0 Å². The summed E-state index contributed by atoms with van der Waals surface area (Å²) in [6.07, 6.45) is 5.20. The van der Waals surface area contributed by atoms with Gasteiger partial charge in [0.25, 0.3) is 5.56 Å². The predicted molar refractivity (Wildman–Crippen MR) is 74.0 cm³/mol. The van der Waals surface area contributed by atoms with E-state index in [1.165, 1.54) is 0 Å². The molecule has 6 heteroatoms. The van der Waals surface area contributed by atoms with E-state index in [1.807, 2.05) is 40.1 Å². The van der Waals surface area contributed by atoms with Crippen molar-refractivity contribution in [3.05, 3.63) is 40.7 Å². The topological polar surface area (TPSA) is 64.7 Å². The predicted octanol–water partition coefficient (Wildman–Crippen LogP) is 1.34. The van der Waals surface area contributed by atoms with Crippen molar-refractivity contribution < 1.29 is 0 Å². The fourth-order valence-electron chi connectivity index (χ4n) is 1.79. The van der Waals surface area contributed by atoms with Crippen LogP contribution < -0.4 is 10.9 Å². The van der Waals surface area contributed by atoms with Crippen molar-refractivity contribution in [2.75, 3.05) is 5.32 Å². The van der Waals surface area contributed by atoms with Crippen LogP contribution in [0.4, 0.5) is 5.82 Å². The van der Waals surface area contributed by atoms with Crippen molar-refractivity contribution in [2.45, 2.75) is 32.9 Å². The molecule has 2 heterocycles. The molecule has 19 heavy (non-hydrogen) atoms. The summed E-state index contributed by atoms with van der Waals surface area (Å²) < 4.78 is 3.39. The zero-order valence-corrected chi connectivity index (χ0v) is 11.7. The van der Waals surface area contributed by atoms with Crippen LogP contribution in [0.25, 0.3) is 0 Å². The maximum absolute atomic E-state index is 12.3. The average molecular weight is 261 g/mol. The first-order chi connectivity index (χ1) is 8.88. The molecule has 0 bridgehead atoms. The van der Waals surface area contributed by atoms with Gasteiger partial charge in [0.2, 0.25) is 0 Å². The zero-order chi connectivity index (χ0) is 14.0. The zero-order valence-electron chi connectivity index (χ0n) is 11.7. The molecule has 0 unspecified atom stereocenters. The maximum Gasteiger partial charge on any atom is 0.293 e. The van der Waals surface area contributed by atoms with E-state index >= 15 is 0 Å². The van der Waals surface area contributed by atoms with Crippen LogP contribution >= 0.6 is 0 Å². The van der Waals surface area contributed by atoms with Crippen LogP contribution in [0.2, 0.25) is 0 Å². The molecule has 0 radical (unpaired) electrons. The minimum Gasteiger partial charge on any atom is -0.360 e. The highest BCUT2D eigenvalue weighted by Crippen LogP contribution is 2.10. The fourth-order valence-corrected chi connectivity index (χ4v) is 1.79. The molecule has 0 saturated heterocycles. The highest BCUT2D eigenvalue weighted by molar-refractivity contribution is 5.31. The SMILES string of the molecule is Cn1ccc(CNc2nccn(C(C)(C)C)c2=O)n1. The highest BCUT2D eigenvalue weighted by atomic mass is 16.1. The van der Waals surface area contributed by atoms with E-state index in [9.17, 15) is 4.79 Å². The largest absolute Gasteiger partial charge is 0.360 e. The Labute approximate surface area is 112 Å². The third kappa shape index (κ3) is 3.01. The molecule has 0 saturated carbocycles. The van der Waals surface area contributed by atoms with Gasteiger partial charge in [-0.15, -0.1) is 0 Å². The average Bonchev–Trinajstić information content (AvgIpc) is 2.72. The van der Waals surface area contributed by atoms with E-state index in [1.54, 1.807) is 21.6 Å². The molecule has 0 atom stereocenters. The van der Waals surface area contributed by atoms with Gasteiger partial charge in [0.15, 0.2) is 5.82 Å². The van der Waals surface area contributed by atoms with Gasteiger partial charge in [-0.05, 0) is 26.8 Å². The van der Waals surface area contributed by atoms with Crippen molar-refractivity contribution >= 4 is 5.82 Å². The second kappa shape index (κ2) is 4.87. The molecule has 2 aromatic rings. The van der Waals surface area contributed by atoms with Crippen molar-refractivity contribution in [3.63, 3.8) is 0 Å². The Morgan fingerprint density at radius 2 is 2.05 bits per heavy atom. The number of anilines is 1. The molecule has 0 aliphatic heterocycles. The lowest BCUT2D eigenvalue weighted by molar-refractivity contribution is 0.383. The summed E-state index contributed by atoms with van der Waals surface area (Å²) in [7, 11) is 1.86. The van der Waals surface area contributed by atoms with Crippen LogP contribution in [0.1, 0.15) is 26.5 Å². The number of nitrogens with one attached hydrogen (secondary N) is 1. The molecule has 0 aliphatic carbocycles. The van der Waals surface area contributed by atoms with Crippen LogP contribution in [0, 0.1) is 0 Å². The number of aryl methyl sites for hydroxylation is 1. The Hall–Kier alpha value is -2.11. The Kier molecular flexibility index (Phi) is 3.42. The third-order valence-electron chi connectivity index (χ3n) is 2.77. The van der Waals surface area contributed by atoms with Gasteiger partial charge in [0.05, 0.1) is 12.2 Å². The standard InChI is InChI=1S/C13H19N5O/c1-13(2,3)18-8-6-14-11(12(18)19)15-9-10-5-7-17(4)16-10/h5-8H,9H2,1-4H3,(H,14,15). The van der Waals surface area contributed by atoms with Crippen LogP contribution in [0.15, 0.2) is 29.5 Å². The Morgan fingerprint density at radius 3 is 2.63 bits per heavy atom. The van der Waals surface area contributed by atoms with Crippen LogP contribution in [-0.2, 0) is 19.1 Å². The molecule has 1 N–H and O–H groups in total. The van der Waals surface area contributed by atoms with Gasteiger partial charge >= 0.3 is 0 Å². The first-order valence-corrected chi connectivity index (χ1v) is 6.18. The summed E-state index contributed by atoms with van der Waals surface area (Å²) >= 11 is 0. The molecule has 0 aromatic carbocycles. The number of nitrogens with zero attached hydrogens (tertiary/aromatic N) is 4. The molecular formula is C13H19N5O. The molecule has 2 rings (SSSR count). The van der Waals surface area contributed by atoms with Crippen LogP contribution in [0.3, 0.4) is 0 Å². The van der Waals surface area contributed by atoms with Crippen LogP contribution in [0.5, 0.6) is 0 Å². The van der Waals surface area contributed by atoms with Gasteiger partial charge in [0, 0.05) is 31.2 Å². The van der Waals surface area contributed by atoms with E-state index < -0.39 is 0 Å². The monoisotopic (exact) mass is 261 g/mol. The van der Waals surface area contributed by atoms with E-state index in [0.717, 1.165) is 5.69 Å². The van der Waals surface area contributed by atoms with Crippen molar-refractivity contribution in [1.82, 2.24) is 19.3 Å². The summed E-state index contributed by atoms with van der Waals surface area (Å²) in [5.74, 6) is 0.350.